The van der Waals surface area contributed by atoms with Crippen LogP contribution in [0.1, 0.15) is 53.5 Å². The summed E-state index contributed by atoms with van der Waals surface area (Å²) in [7, 11) is 0. The second-order valence-corrected chi connectivity index (χ2v) is 7.42. The standard InChI is InChI=1S/C20H29N4O6.C2H6.Fm/c1-5-10-29-18(27)13-24(9-8-21-14-25)17(26)11-15-6-7-16(22-12-15)23-19(28)30-20(2,3)4;1-2;/h6-7,12H,5,8-11,13H2,1-4H3,(H,21,25)(H,22,23,28);1-2H3;/q-1;;. The first-order chi connectivity index (χ1) is 15.1. The fourth-order valence-electron chi connectivity index (χ4n) is 2.25. The van der Waals surface area contributed by atoms with E-state index in [1.165, 1.54) is 17.5 Å². The number of carbonyl (C=O) groups excluding carboxylic acids is 4. The van der Waals surface area contributed by atoms with Gasteiger partial charge in [-0.1, -0.05) is 26.8 Å². The van der Waals surface area contributed by atoms with Gasteiger partial charge in [0, 0.05) is 19.3 Å². The van der Waals surface area contributed by atoms with Crippen LogP contribution in [0.5, 0.6) is 0 Å². The first-order valence-corrected chi connectivity index (χ1v) is 10.6. The fraction of sp³-hybridized carbons (Fsp3) is 0.591. The van der Waals surface area contributed by atoms with E-state index in [1.807, 2.05) is 20.8 Å². The molecular formula is C22H35FmN4O6-. The molecule has 1 rings (SSSR count). The molecule has 0 unspecified atom stereocenters. The summed E-state index contributed by atoms with van der Waals surface area (Å²) in [6.45, 7) is 11.5. The quantitative estimate of drug-likeness (QED) is 0.157. The molecular weight excluding hydrogens is 673 g/mol. The molecule has 0 spiro atoms. The number of nitrogens with one attached hydrogen (secondary N) is 2. The average Bonchev–Trinajstić information content (AvgIpc) is 2.73. The fourth-order valence-corrected chi connectivity index (χ4v) is 2.25. The molecule has 3 amide bonds. The first kappa shape index (κ1) is 31.0. The molecule has 0 aliphatic rings. The second kappa shape index (κ2) is 16.5. The van der Waals surface area contributed by atoms with Crippen molar-refractivity contribution in [3.05, 3.63) is 23.9 Å². The van der Waals surface area contributed by atoms with E-state index in [0.717, 1.165) is 0 Å². The molecule has 10 nitrogen and oxygen atoms in total. The number of esters is 1. The molecule has 0 saturated carbocycles. The smallest absolute Gasteiger partial charge is 0.413 e. The molecule has 0 bridgehead atoms. The Balaban J connectivity index is 0. The van der Waals surface area contributed by atoms with Crippen molar-refractivity contribution in [3.63, 3.8) is 0 Å². The van der Waals surface area contributed by atoms with E-state index < -0.39 is 17.7 Å². The Kier molecular flexibility index (Phi) is 15.5. The maximum atomic E-state index is 12.6. The number of hydrogen-bond acceptors (Lipinski definition) is 7. The number of nitrogens with zero attached hydrogens (tertiary/aromatic N) is 2. The Bertz CT molecular complexity index is 723. The minimum atomic E-state index is -0.630. The molecule has 0 aliphatic heterocycles. The number of hydrogen-bond donors (Lipinski definition) is 2. The zero-order valence-corrected chi connectivity index (χ0v) is 22.5. The van der Waals surface area contributed by atoms with E-state index in [9.17, 15) is 19.2 Å². The van der Waals surface area contributed by atoms with E-state index in [-0.39, 0.29) is 44.4 Å². The molecule has 192 valence electrons. The molecule has 0 fully saturated rings. The predicted octanol–water partition coefficient (Wildman–Crippen LogP) is 2.44. The van der Waals surface area contributed by atoms with E-state index in [1.54, 1.807) is 32.9 Å². The van der Waals surface area contributed by atoms with Crippen molar-refractivity contribution in [1.29, 1.82) is 0 Å². The zero-order chi connectivity index (χ0) is 24.6. The number of anilines is 1. The van der Waals surface area contributed by atoms with Crippen LogP contribution in [0.25, 0.3) is 0 Å². The van der Waals surface area contributed by atoms with Crippen molar-refractivity contribution in [3.8, 4) is 0 Å². The van der Waals surface area contributed by atoms with Crippen molar-refractivity contribution >= 4 is 30.2 Å². The molecule has 0 saturated heterocycles. The third-order valence-electron chi connectivity index (χ3n) is 3.53. The normalized spacial score (nSPS) is 9.88. The topological polar surface area (TPSA) is 127 Å². The van der Waals surface area contributed by atoms with Crippen LogP contribution in [-0.2, 0) is 30.3 Å². The summed E-state index contributed by atoms with van der Waals surface area (Å²) in [6.07, 6.45) is 3.02. The third kappa shape index (κ3) is 14.5. The number of rotatable bonds is 11. The van der Waals surface area contributed by atoms with Gasteiger partial charge in [0.1, 0.15) is 18.0 Å². The number of ether oxygens (including phenoxy) is 2. The molecule has 0 atom stereocenters. The van der Waals surface area contributed by atoms with Gasteiger partial charge < -0.3 is 24.5 Å². The molecule has 0 aliphatic carbocycles. The summed E-state index contributed by atoms with van der Waals surface area (Å²) in [5, 5.41) is 4.85. The SMILES string of the molecule is CC.CCCOC(=O)CN(CCN[C-]=O)C(=O)Cc1ccc(NC(=O)OC(C)(C)C)nc1.[Fm]. The van der Waals surface area contributed by atoms with Crippen molar-refractivity contribution in [2.45, 2.75) is 60.0 Å². The Labute approximate surface area is 190 Å². The molecule has 2 N–H and O–H groups in total. The summed E-state index contributed by atoms with van der Waals surface area (Å²) in [4.78, 5) is 52.0. The van der Waals surface area contributed by atoms with Crippen LogP contribution < -0.4 is 10.6 Å². The van der Waals surface area contributed by atoms with Crippen molar-refractivity contribution in [2.75, 3.05) is 31.6 Å². The molecule has 0 aromatic carbocycles. The Hall–Kier alpha value is -4.17. The molecule has 1 aromatic rings. The summed E-state index contributed by atoms with van der Waals surface area (Å²) in [5.41, 5.74) is -0.0363. The summed E-state index contributed by atoms with van der Waals surface area (Å²) >= 11 is 0. The van der Waals surface area contributed by atoms with Crippen LogP contribution in [0.15, 0.2) is 18.3 Å². The van der Waals surface area contributed by atoms with E-state index in [2.05, 4.69) is 15.6 Å². The summed E-state index contributed by atoms with van der Waals surface area (Å²) < 4.78 is 10.2. The van der Waals surface area contributed by atoms with Gasteiger partial charge in [-0.2, -0.15) is 6.41 Å². The van der Waals surface area contributed by atoms with Crippen molar-refractivity contribution < 1.29 is 28.7 Å². The van der Waals surface area contributed by atoms with Gasteiger partial charge in [0.05, 0.1) is 13.0 Å². The minimum Gasteiger partial charge on any atom is -0.528 e. The summed E-state index contributed by atoms with van der Waals surface area (Å²) in [6, 6.07) is 3.19. The largest absolute Gasteiger partial charge is 0.528 e. The first-order valence-electron chi connectivity index (χ1n) is 10.6. The van der Waals surface area contributed by atoms with Crippen LogP contribution in [0, 0.1) is 0 Å². The molecule has 11 heteroatoms. The number of amides is 3. The average molecular weight is 709 g/mol. The predicted molar refractivity (Wildman–Crippen MR) is 121 cm³/mol. The van der Waals surface area contributed by atoms with Crippen LogP contribution in [0.2, 0.25) is 0 Å². The van der Waals surface area contributed by atoms with Gasteiger partial charge in [-0.3, -0.25) is 14.9 Å². The van der Waals surface area contributed by atoms with Crippen LogP contribution in [0.4, 0.5) is 10.6 Å². The molecule has 33 heavy (non-hydrogen) atoms. The maximum Gasteiger partial charge on any atom is 0.413 e. The number of pyridine rings is 1. The van der Waals surface area contributed by atoms with Crippen LogP contribution in [-0.4, -0.2) is 66.1 Å². The van der Waals surface area contributed by atoms with Crippen LogP contribution >= 0.6 is 0 Å². The maximum absolute atomic E-state index is 12.6. The summed E-state index contributed by atoms with van der Waals surface area (Å²) in [5.74, 6) is -0.563. The number of carbonyl (C=O) groups is 3. The molecule has 0 radical (unpaired) electrons. The monoisotopic (exact) mass is 708 g/mol. The minimum absolute atomic E-state index is 0. The van der Waals surface area contributed by atoms with Crippen molar-refractivity contribution in [2.24, 2.45) is 0 Å². The van der Waals surface area contributed by atoms with Gasteiger partial charge in [0.2, 0.25) is 5.91 Å². The Morgan fingerprint density at radius 3 is 2.36 bits per heavy atom. The van der Waals surface area contributed by atoms with E-state index in [4.69, 9.17) is 9.47 Å². The molecule has 1 aromatic heterocycles. The van der Waals surface area contributed by atoms with Gasteiger partial charge in [-0.05, 0) is 38.8 Å². The van der Waals surface area contributed by atoms with Gasteiger partial charge in [-0.15, -0.1) is 0 Å². The second-order valence-electron chi connectivity index (χ2n) is 7.42. The third-order valence-corrected chi connectivity index (χ3v) is 3.53. The van der Waals surface area contributed by atoms with Crippen LogP contribution in [0.3, 0.4) is 0 Å². The van der Waals surface area contributed by atoms with Gasteiger partial charge in [-0.25, -0.2) is 9.78 Å². The van der Waals surface area contributed by atoms with E-state index in [0.29, 0.717) is 12.0 Å². The van der Waals surface area contributed by atoms with Gasteiger partial charge in [0.15, 0.2) is 0 Å². The van der Waals surface area contributed by atoms with Crippen molar-refractivity contribution in [1.82, 2.24) is 15.2 Å². The van der Waals surface area contributed by atoms with Gasteiger partial charge in [0.25, 0.3) is 0 Å². The van der Waals surface area contributed by atoms with Gasteiger partial charge >= 0.3 is 12.1 Å². The van der Waals surface area contributed by atoms with E-state index >= 15 is 0 Å². The number of aromatic nitrogens is 1. The Morgan fingerprint density at radius 1 is 1.18 bits per heavy atom. The zero-order valence-electron chi connectivity index (χ0n) is 20.1. The molecule has 1 heterocycles. The Morgan fingerprint density at radius 2 is 1.85 bits per heavy atom.